The van der Waals surface area contributed by atoms with Crippen molar-refractivity contribution in [1.29, 1.82) is 0 Å². The van der Waals surface area contributed by atoms with Gasteiger partial charge in [-0.05, 0) is 5.56 Å². The van der Waals surface area contributed by atoms with Crippen molar-refractivity contribution < 1.29 is 9.53 Å². The van der Waals surface area contributed by atoms with Gasteiger partial charge in [0, 0.05) is 32.9 Å². The summed E-state index contributed by atoms with van der Waals surface area (Å²) in [5, 5.41) is 0. The molecule has 0 aliphatic rings. The highest BCUT2D eigenvalue weighted by Crippen LogP contribution is 2.05. The maximum Gasteiger partial charge on any atom is 0.322 e. The standard InChI is InChI=1S/C10H16N4O2/c1-14(2)10-12-5-7(6-13-10)4-8(11)9(15)16-3/h5-6,8H,4,11H2,1-3H3. The minimum absolute atomic E-state index is 0.375. The number of nitrogens with two attached hydrogens (primary N) is 1. The predicted octanol–water partition coefficient (Wildman–Crippen LogP) is -0.415. The molecule has 1 aromatic heterocycles. The molecule has 0 amide bonds. The summed E-state index contributed by atoms with van der Waals surface area (Å²) in [6.07, 6.45) is 3.69. The summed E-state index contributed by atoms with van der Waals surface area (Å²) in [5.41, 5.74) is 6.43. The largest absolute Gasteiger partial charge is 0.468 e. The molecule has 0 aliphatic heterocycles. The maximum atomic E-state index is 11.1. The molecular formula is C10H16N4O2. The lowest BCUT2D eigenvalue weighted by Crippen LogP contribution is -2.33. The second kappa shape index (κ2) is 5.41. The molecule has 0 bridgehead atoms. The quantitative estimate of drug-likeness (QED) is 0.700. The molecule has 6 nitrogen and oxygen atoms in total. The highest BCUT2D eigenvalue weighted by Gasteiger charge is 2.14. The zero-order chi connectivity index (χ0) is 12.1. The number of nitrogens with zero attached hydrogens (tertiary/aromatic N) is 3. The van der Waals surface area contributed by atoms with E-state index in [1.807, 2.05) is 14.1 Å². The normalized spacial score (nSPS) is 12.0. The van der Waals surface area contributed by atoms with Crippen LogP contribution in [0.25, 0.3) is 0 Å². The summed E-state index contributed by atoms with van der Waals surface area (Å²) in [7, 11) is 5.03. The number of esters is 1. The number of aromatic nitrogens is 2. The van der Waals surface area contributed by atoms with E-state index in [-0.39, 0.29) is 0 Å². The highest BCUT2D eigenvalue weighted by molar-refractivity contribution is 5.75. The zero-order valence-electron chi connectivity index (χ0n) is 9.67. The first-order valence-electron chi connectivity index (χ1n) is 4.86. The van der Waals surface area contributed by atoms with E-state index in [2.05, 4.69) is 14.7 Å². The molecule has 6 heteroatoms. The van der Waals surface area contributed by atoms with E-state index in [4.69, 9.17) is 5.73 Å². The number of hydrogen-bond acceptors (Lipinski definition) is 6. The van der Waals surface area contributed by atoms with Gasteiger partial charge in [-0.3, -0.25) is 4.79 Å². The third-order valence-corrected chi connectivity index (χ3v) is 2.05. The molecular weight excluding hydrogens is 208 g/mol. The van der Waals surface area contributed by atoms with Gasteiger partial charge in [0.05, 0.1) is 7.11 Å². The van der Waals surface area contributed by atoms with E-state index in [1.54, 1.807) is 17.3 Å². The van der Waals surface area contributed by atoms with Crippen molar-refractivity contribution in [2.45, 2.75) is 12.5 Å². The van der Waals surface area contributed by atoms with Crippen molar-refractivity contribution in [3.63, 3.8) is 0 Å². The number of anilines is 1. The summed E-state index contributed by atoms with van der Waals surface area (Å²) < 4.78 is 4.53. The Balaban J connectivity index is 2.65. The molecule has 0 saturated heterocycles. The third kappa shape index (κ3) is 3.16. The third-order valence-electron chi connectivity index (χ3n) is 2.05. The van der Waals surface area contributed by atoms with Crippen LogP contribution in [0.15, 0.2) is 12.4 Å². The van der Waals surface area contributed by atoms with Crippen molar-refractivity contribution in [2.24, 2.45) is 5.73 Å². The first-order valence-corrected chi connectivity index (χ1v) is 4.86. The van der Waals surface area contributed by atoms with E-state index in [1.165, 1.54) is 7.11 Å². The molecule has 0 aromatic carbocycles. The molecule has 1 heterocycles. The molecule has 2 N–H and O–H groups in total. The Kier molecular flexibility index (Phi) is 4.19. The summed E-state index contributed by atoms with van der Waals surface area (Å²) >= 11 is 0. The lowest BCUT2D eigenvalue weighted by Gasteiger charge is -2.11. The molecule has 0 fully saturated rings. The number of ether oxygens (including phenoxy) is 1. The first-order chi connectivity index (χ1) is 7.54. The molecule has 16 heavy (non-hydrogen) atoms. The summed E-state index contributed by atoms with van der Waals surface area (Å²) in [6, 6.07) is -0.668. The second-order valence-corrected chi connectivity index (χ2v) is 3.62. The van der Waals surface area contributed by atoms with Crippen molar-refractivity contribution in [3.05, 3.63) is 18.0 Å². The average molecular weight is 224 g/mol. The van der Waals surface area contributed by atoms with Crippen LogP contribution in [0.1, 0.15) is 5.56 Å². The number of methoxy groups -OCH3 is 1. The van der Waals surface area contributed by atoms with Gasteiger partial charge >= 0.3 is 5.97 Å². The van der Waals surface area contributed by atoms with Crippen molar-refractivity contribution >= 4 is 11.9 Å². The molecule has 88 valence electrons. The van der Waals surface area contributed by atoms with Crippen LogP contribution in [-0.2, 0) is 16.0 Å². The monoisotopic (exact) mass is 224 g/mol. The van der Waals surface area contributed by atoms with Crippen molar-refractivity contribution in [2.75, 3.05) is 26.1 Å². The Morgan fingerprint density at radius 2 is 2.06 bits per heavy atom. The second-order valence-electron chi connectivity index (χ2n) is 3.62. The van der Waals surface area contributed by atoms with Crippen LogP contribution in [0, 0.1) is 0 Å². The molecule has 1 atom stereocenters. The van der Waals surface area contributed by atoms with Gasteiger partial charge in [-0.2, -0.15) is 0 Å². The first kappa shape index (κ1) is 12.4. The van der Waals surface area contributed by atoms with E-state index >= 15 is 0 Å². The summed E-state index contributed by atoms with van der Waals surface area (Å²) in [6.45, 7) is 0. The van der Waals surface area contributed by atoms with Gasteiger partial charge in [0.2, 0.25) is 5.95 Å². The Morgan fingerprint density at radius 3 is 2.50 bits per heavy atom. The van der Waals surface area contributed by atoms with Crippen LogP contribution in [0.3, 0.4) is 0 Å². The number of carbonyl (C=O) groups is 1. The number of carbonyl (C=O) groups excluding carboxylic acids is 1. The minimum Gasteiger partial charge on any atom is -0.468 e. The molecule has 0 spiro atoms. The van der Waals surface area contributed by atoms with E-state index in [9.17, 15) is 4.79 Å². The van der Waals surface area contributed by atoms with Crippen LogP contribution in [0.2, 0.25) is 0 Å². The van der Waals surface area contributed by atoms with Gasteiger partial charge in [0.1, 0.15) is 6.04 Å². The number of rotatable bonds is 4. The van der Waals surface area contributed by atoms with Crippen molar-refractivity contribution in [1.82, 2.24) is 9.97 Å². The lowest BCUT2D eigenvalue weighted by atomic mass is 10.1. The molecule has 0 radical (unpaired) electrons. The molecule has 1 rings (SSSR count). The predicted molar refractivity (Wildman–Crippen MR) is 60.1 cm³/mol. The fraction of sp³-hybridized carbons (Fsp3) is 0.500. The highest BCUT2D eigenvalue weighted by atomic mass is 16.5. The van der Waals surface area contributed by atoms with E-state index in [0.29, 0.717) is 12.4 Å². The van der Waals surface area contributed by atoms with Gasteiger partial charge in [0.25, 0.3) is 0 Å². The minimum atomic E-state index is -0.668. The Morgan fingerprint density at radius 1 is 1.50 bits per heavy atom. The smallest absolute Gasteiger partial charge is 0.322 e. The summed E-state index contributed by atoms with van der Waals surface area (Å²) in [5.74, 6) is 0.187. The van der Waals surface area contributed by atoms with Crippen LogP contribution < -0.4 is 10.6 Å². The van der Waals surface area contributed by atoms with E-state index in [0.717, 1.165) is 5.56 Å². The van der Waals surface area contributed by atoms with Crippen molar-refractivity contribution in [3.8, 4) is 0 Å². The van der Waals surface area contributed by atoms with Crippen LogP contribution in [-0.4, -0.2) is 43.2 Å². The Labute approximate surface area is 94.4 Å². The van der Waals surface area contributed by atoms with Gasteiger partial charge in [-0.25, -0.2) is 9.97 Å². The van der Waals surface area contributed by atoms with Crippen LogP contribution in [0.4, 0.5) is 5.95 Å². The maximum absolute atomic E-state index is 11.1. The molecule has 1 aromatic rings. The topological polar surface area (TPSA) is 81.3 Å². The Hall–Kier alpha value is -1.69. The zero-order valence-corrected chi connectivity index (χ0v) is 9.67. The molecule has 0 aliphatic carbocycles. The molecule has 0 saturated carbocycles. The number of hydrogen-bond donors (Lipinski definition) is 1. The summed E-state index contributed by atoms with van der Waals surface area (Å²) in [4.78, 5) is 21.1. The SMILES string of the molecule is COC(=O)C(N)Cc1cnc(N(C)C)nc1. The van der Waals surface area contributed by atoms with Crippen LogP contribution >= 0.6 is 0 Å². The van der Waals surface area contributed by atoms with Crippen LogP contribution in [0.5, 0.6) is 0 Å². The van der Waals surface area contributed by atoms with Gasteiger partial charge < -0.3 is 15.4 Å². The average Bonchev–Trinajstić information content (AvgIpc) is 2.28. The lowest BCUT2D eigenvalue weighted by molar-refractivity contribution is -0.142. The van der Waals surface area contributed by atoms with Gasteiger partial charge in [-0.15, -0.1) is 0 Å². The fourth-order valence-corrected chi connectivity index (χ4v) is 1.17. The van der Waals surface area contributed by atoms with E-state index < -0.39 is 12.0 Å². The molecule has 1 unspecified atom stereocenters. The van der Waals surface area contributed by atoms with Gasteiger partial charge in [-0.1, -0.05) is 0 Å². The van der Waals surface area contributed by atoms with Gasteiger partial charge in [0.15, 0.2) is 0 Å². The Bertz CT molecular complexity index is 350. The fourth-order valence-electron chi connectivity index (χ4n) is 1.17.